The Bertz CT molecular complexity index is 1220. The highest BCUT2D eigenvalue weighted by atomic mass is 16.9. The first-order chi connectivity index (χ1) is 17.6. The molecule has 4 aliphatic heterocycles. The molecule has 0 aromatic heterocycles. The van der Waals surface area contributed by atoms with Crippen molar-refractivity contribution < 1.29 is 43.4 Å². The predicted octanol–water partition coefficient (Wildman–Crippen LogP) is 2.39. The Balaban J connectivity index is 1.42. The summed E-state index contributed by atoms with van der Waals surface area (Å²) in [5, 5.41) is 22.7. The lowest BCUT2D eigenvalue weighted by atomic mass is 9.54. The molecule has 3 bridgehead atoms. The fourth-order valence-corrected chi connectivity index (χ4v) is 9.37. The van der Waals surface area contributed by atoms with Crippen LogP contribution in [0.5, 0.6) is 0 Å². The van der Waals surface area contributed by atoms with Gasteiger partial charge in [0.15, 0.2) is 11.7 Å². The lowest BCUT2D eigenvalue weighted by Gasteiger charge is -2.60. The molecule has 9 heteroatoms. The zero-order chi connectivity index (χ0) is 25.8. The molecule has 7 aliphatic rings. The topological polar surface area (TPSA) is 116 Å². The molecule has 7 fully saturated rings. The van der Waals surface area contributed by atoms with E-state index in [0.717, 1.165) is 11.1 Å². The maximum Gasteiger partial charge on any atom is 0.509 e. The smallest absolute Gasteiger partial charge is 0.426 e. The molecule has 37 heavy (non-hydrogen) atoms. The van der Waals surface area contributed by atoms with Gasteiger partial charge in [0.25, 0.3) is 0 Å². The summed E-state index contributed by atoms with van der Waals surface area (Å²) in [6.07, 6.45) is -2.74. The minimum Gasteiger partial charge on any atom is -0.426 e. The average molecular weight is 513 g/mol. The fraction of sp³-hybridized carbons (Fsp3) is 0.679. The molecule has 198 valence electrons. The first-order valence-electron chi connectivity index (χ1n) is 13.3. The van der Waals surface area contributed by atoms with E-state index < -0.39 is 77.4 Å². The Morgan fingerprint density at radius 3 is 2.54 bits per heavy atom. The molecule has 2 N–H and O–H groups in total. The average Bonchev–Trinajstić information content (AvgIpc) is 3.33. The van der Waals surface area contributed by atoms with E-state index in [-0.39, 0.29) is 11.8 Å². The molecule has 13 atom stereocenters. The SMILES string of the molecule is C=C(C)[C@]12C[C@@H](C)[C@@]34O[C@](c5ccccc5)(O[C@@H]1C3[C@@H]1O[C@]1(CO)[C@@H](O)[C@]13OC(=O)O[C@H]1[C@@H](C)C[C@H]43)O2. The van der Waals surface area contributed by atoms with Gasteiger partial charge >= 0.3 is 12.1 Å². The van der Waals surface area contributed by atoms with Crippen molar-refractivity contribution in [3.63, 3.8) is 0 Å². The van der Waals surface area contributed by atoms with E-state index in [4.69, 9.17) is 28.4 Å². The van der Waals surface area contributed by atoms with E-state index in [1.54, 1.807) is 0 Å². The molecular formula is C28H32O9. The Morgan fingerprint density at radius 2 is 1.84 bits per heavy atom. The molecule has 4 saturated heterocycles. The summed E-state index contributed by atoms with van der Waals surface area (Å²) in [5.74, 6) is -2.59. The van der Waals surface area contributed by atoms with Gasteiger partial charge in [0.05, 0.1) is 12.2 Å². The number of fused-ring (bicyclic) bond motifs is 2. The molecule has 1 aromatic carbocycles. The van der Waals surface area contributed by atoms with Gasteiger partial charge in [0.2, 0.25) is 0 Å². The normalized spacial score (nSPS) is 57.9. The highest BCUT2D eigenvalue weighted by molar-refractivity contribution is 5.65. The first-order valence-corrected chi connectivity index (χ1v) is 13.3. The number of carbonyl (C=O) groups excluding carboxylic acids is 1. The minimum atomic E-state index is -1.51. The maximum atomic E-state index is 12.7. The number of aliphatic hydroxyl groups is 2. The highest BCUT2D eigenvalue weighted by Crippen LogP contribution is 2.75. The van der Waals surface area contributed by atoms with Gasteiger partial charge in [-0.15, -0.1) is 0 Å². The number of carbonyl (C=O) groups is 1. The minimum absolute atomic E-state index is 0.107. The molecule has 1 spiro atoms. The van der Waals surface area contributed by atoms with Crippen molar-refractivity contribution in [2.24, 2.45) is 23.7 Å². The number of hydrogen-bond donors (Lipinski definition) is 2. The van der Waals surface area contributed by atoms with Crippen molar-refractivity contribution in [2.45, 2.75) is 86.4 Å². The third-order valence-corrected chi connectivity index (χ3v) is 10.8. The summed E-state index contributed by atoms with van der Waals surface area (Å²) in [5.41, 5.74) is -3.05. The van der Waals surface area contributed by atoms with Crippen molar-refractivity contribution in [1.29, 1.82) is 0 Å². The van der Waals surface area contributed by atoms with Crippen LogP contribution in [-0.2, 0) is 34.4 Å². The molecule has 4 heterocycles. The van der Waals surface area contributed by atoms with E-state index in [1.807, 2.05) is 44.2 Å². The number of ether oxygens (including phenoxy) is 6. The van der Waals surface area contributed by atoms with Crippen molar-refractivity contribution in [1.82, 2.24) is 0 Å². The van der Waals surface area contributed by atoms with Crippen LogP contribution in [0.3, 0.4) is 0 Å². The predicted molar refractivity (Wildman–Crippen MR) is 125 cm³/mol. The van der Waals surface area contributed by atoms with E-state index in [0.29, 0.717) is 12.8 Å². The number of epoxide rings is 1. The van der Waals surface area contributed by atoms with Gasteiger partial charge in [-0.1, -0.05) is 50.8 Å². The van der Waals surface area contributed by atoms with Gasteiger partial charge in [-0.05, 0) is 37.2 Å². The fourth-order valence-electron chi connectivity index (χ4n) is 9.37. The van der Waals surface area contributed by atoms with Crippen LogP contribution in [0.15, 0.2) is 42.5 Å². The molecule has 0 radical (unpaired) electrons. The number of hydrogen-bond acceptors (Lipinski definition) is 9. The molecule has 9 nitrogen and oxygen atoms in total. The van der Waals surface area contributed by atoms with Crippen molar-refractivity contribution in [3.05, 3.63) is 48.0 Å². The summed E-state index contributed by atoms with van der Waals surface area (Å²) in [6, 6.07) is 9.58. The van der Waals surface area contributed by atoms with Gasteiger partial charge in [-0.25, -0.2) is 4.79 Å². The molecule has 3 saturated carbocycles. The Hall–Kier alpha value is -2.01. The maximum absolute atomic E-state index is 12.7. The lowest BCUT2D eigenvalue weighted by Crippen LogP contribution is -2.72. The lowest BCUT2D eigenvalue weighted by molar-refractivity contribution is -0.442. The summed E-state index contributed by atoms with van der Waals surface area (Å²) in [7, 11) is 0. The molecular weight excluding hydrogens is 480 g/mol. The van der Waals surface area contributed by atoms with Gasteiger partial charge in [0.1, 0.15) is 29.5 Å². The number of aliphatic hydroxyl groups excluding tert-OH is 2. The van der Waals surface area contributed by atoms with Crippen LogP contribution in [0.4, 0.5) is 4.79 Å². The Morgan fingerprint density at radius 1 is 1.08 bits per heavy atom. The van der Waals surface area contributed by atoms with Crippen LogP contribution in [0, 0.1) is 23.7 Å². The summed E-state index contributed by atoms with van der Waals surface area (Å²) < 4.78 is 38.9. The third-order valence-electron chi connectivity index (χ3n) is 10.8. The summed E-state index contributed by atoms with van der Waals surface area (Å²) in [4.78, 5) is 12.7. The van der Waals surface area contributed by atoms with Crippen LogP contribution >= 0.6 is 0 Å². The van der Waals surface area contributed by atoms with Gasteiger partial charge in [-0.3, -0.25) is 0 Å². The molecule has 1 aromatic rings. The quantitative estimate of drug-likeness (QED) is 0.358. The second kappa shape index (κ2) is 6.58. The van der Waals surface area contributed by atoms with Crippen LogP contribution < -0.4 is 0 Å². The van der Waals surface area contributed by atoms with Crippen LogP contribution in [0.2, 0.25) is 0 Å². The molecule has 8 rings (SSSR count). The molecule has 3 aliphatic carbocycles. The second-order valence-electron chi connectivity index (χ2n) is 12.4. The standard InChI is InChI=1S/C28H32O9/c1-13(2)24-11-15(4)26-17-10-14(3)19-27(17,35-23(31)32-19)22(30)25(12-29)21(33-25)18(26)20(24)34-28(36-24,37-26)16-8-6-5-7-9-16/h5-9,14-15,17-22,29-30H,1,10-12H2,2-4H3/t14-,15+,17+,18?,19-,20+,21-,22+,24+,25-,26-,27+,28+/m0/s1. The van der Waals surface area contributed by atoms with E-state index in [1.165, 1.54) is 0 Å². The van der Waals surface area contributed by atoms with E-state index in [2.05, 4.69) is 13.5 Å². The van der Waals surface area contributed by atoms with E-state index >= 15 is 0 Å². The molecule has 1 unspecified atom stereocenters. The number of benzene rings is 1. The Kier molecular flexibility index (Phi) is 4.08. The Labute approximate surface area is 214 Å². The second-order valence-corrected chi connectivity index (χ2v) is 12.4. The zero-order valence-corrected chi connectivity index (χ0v) is 21.1. The summed E-state index contributed by atoms with van der Waals surface area (Å²) in [6.45, 7) is 9.96. The number of rotatable bonds is 3. The first kappa shape index (κ1) is 22.9. The highest BCUT2D eigenvalue weighted by Gasteiger charge is 2.91. The monoisotopic (exact) mass is 512 g/mol. The van der Waals surface area contributed by atoms with Crippen LogP contribution in [-0.4, -0.2) is 69.8 Å². The van der Waals surface area contributed by atoms with Gasteiger partial charge in [0, 0.05) is 17.4 Å². The van der Waals surface area contributed by atoms with Crippen LogP contribution in [0.25, 0.3) is 0 Å². The van der Waals surface area contributed by atoms with Gasteiger partial charge in [-0.2, -0.15) is 0 Å². The van der Waals surface area contributed by atoms with Crippen molar-refractivity contribution in [2.75, 3.05) is 6.61 Å². The van der Waals surface area contributed by atoms with Crippen LogP contribution in [0.1, 0.15) is 39.2 Å². The molecule has 0 amide bonds. The summed E-state index contributed by atoms with van der Waals surface area (Å²) >= 11 is 0. The van der Waals surface area contributed by atoms with Crippen molar-refractivity contribution >= 4 is 6.16 Å². The van der Waals surface area contributed by atoms with E-state index in [9.17, 15) is 15.0 Å². The zero-order valence-electron chi connectivity index (χ0n) is 21.1. The van der Waals surface area contributed by atoms with Crippen molar-refractivity contribution in [3.8, 4) is 0 Å². The van der Waals surface area contributed by atoms with Gasteiger partial charge < -0.3 is 38.6 Å². The third kappa shape index (κ3) is 2.23. The largest absolute Gasteiger partial charge is 0.509 e.